The third kappa shape index (κ3) is 2.75. The van der Waals surface area contributed by atoms with Crippen molar-refractivity contribution in [3.05, 3.63) is 74.2 Å². The van der Waals surface area contributed by atoms with Crippen LogP contribution < -0.4 is 11.3 Å². The average Bonchev–Trinajstić information content (AvgIpc) is 2.69. The molecular formula is C20H13BrClN3O3. The lowest BCUT2D eigenvalue weighted by molar-refractivity contribution is 0.0600. The van der Waals surface area contributed by atoms with Gasteiger partial charge in [0.1, 0.15) is 5.56 Å². The van der Waals surface area contributed by atoms with Gasteiger partial charge in [-0.2, -0.15) is 0 Å². The number of hydrogen-bond donors (Lipinski definition) is 1. The summed E-state index contributed by atoms with van der Waals surface area (Å²) in [7, 11) is 1.21. The normalized spacial score (nSPS) is 11.1. The summed E-state index contributed by atoms with van der Waals surface area (Å²) in [6, 6.07) is 10.5. The predicted octanol–water partition coefficient (Wildman–Crippen LogP) is 4.32. The summed E-state index contributed by atoms with van der Waals surface area (Å²) in [4.78, 5) is 29.8. The zero-order valence-corrected chi connectivity index (χ0v) is 16.9. The highest BCUT2D eigenvalue weighted by molar-refractivity contribution is 9.10. The number of pyridine rings is 2. The molecule has 0 fully saturated rings. The first kappa shape index (κ1) is 18.5. The van der Waals surface area contributed by atoms with Gasteiger partial charge < -0.3 is 10.5 Å². The number of rotatable bonds is 2. The number of carbonyl (C=O) groups excluding carboxylic acids is 1. The molecule has 0 spiro atoms. The zero-order valence-electron chi connectivity index (χ0n) is 14.6. The van der Waals surface area contributed by atoms with Crippen molar-refractivity contribution in [3.63, 3.8) is 0 Å². The summed E-state index contributed by atoms with van der Waals surface area (Å²) in [6.07, 6.45) is 3.24. The van der Waals surface area contributed by atoms with E-state index in [0.717, 1.165) is 4.47 Å². The van der Waals surface area contributed by atoms with E-state index in [0.29, 0.717) is 32.4 Å². The van der Waals surface area contributed by atoms with Crippen molar-refractivity contribution in [3.8, 4) is 5.69 Å². The molecule has 0 saturated heterocycles. The maximum Gasteiger partial charge on any atom is 0.345 e. The van der Waals surface area contributed by atoms with Gasteiger partial charge in [-0.15, -0.1) is 0 Å². The van der Waals surface area contributed by atoms with Crippen LogP contribution in [-0.2, 0) is 4.74 Å². The lowest BCUT2D eigenvalue weighted by Gasteiger charge is -2.17. The molecule has 0 aliphatic rings. The topological polar surface area (TPSA) is 87.2 Å². The molecule has 0 amide bonds. The summed E-state index contributed by atoms with van der Waals surface area (Å²) >= 11 is 9.73. The van der Waals surface area contributed by atoms with E-state index in [-0.39, 0.29) is 11.3 Å². The highest BCUT2D eigenvalue weighted by Gasteiger charge is 2.23. The maximum atomic E-state index is 13.4. The Morgan fingerprint density at radius 3 is 2.71 bits per heavy atom. The second-order valence-corrected chi connectivity index (χ2v) is 7.39. The predicted molar refractivity (Wildman–Crippen MR) is 113 cm³/mol. The molecule has 0 unspecified atom stereocenters. The van der Waals surface area contributed by atoms with E-state index in [1.165, 1.54) is 11.7 Å². The molecule has 6 nitrogen and oxygen atoms in total. The molecule has 140 valence electrons. The fraction of sp³-hybridized carbons (Fsp3) is 0.0500. The van der Waals surface area contributed by atoms with Crippen molar-refractivity contribution in [2.45, 2.75) is 0 Å². The zero-order chi connectivity index (χ0) is 20.0. The van der Waals surface area contributed by atoms with Crippen LogP contribution >= 0.6 is 27.5 Å². The van der Waals surface area contributed by atoms with Crippen LogP contribution in [0.5, 0.6) is 0 Å². The molecule has 0 aliphatic heterocycles. The van der Waals surface area contributed by atoms with Gasteiger partial charge in [-0.05, 0) is 36.4 Å². The minimum atomic E-state index is -0.791. The van der Waals surface area contributed by atoms with Crippen LogP contribution in [0.15, 0.2) is 58.1 Å². The van der Waals surface area contributed by atoms with Crippen LogP contribution in [0.2, 0.25) is 5.02 Å². The molecule has 0 radical (unpaired) electrons. The number of aromatic nitrogens is 2. The summed E-state index contributed by atoms with van der Waals surface area (Å²) in [5.74, 6) is -0.791. The Morgan fingerprint density at radius 2 is 1.96 bits per heavy atom. The molecule has 0 saturated carbocycles. The van der Waals surface area contributed by atoms with Gasteiger partial charge in [0.2, 0.25) is 0 Å². The molecular weight excluding hydrogens is 446 g/mol. The molecule has 2 aromatic heterocycles. The first-order valence-electron chi connectivity index (χ1n) is 8.18. The number of halogens is 2. The van der Waals surface area contributed by atoms with E-state index in [2.05, 4.69) is 20.9 Å². The van der Waals surface area contributed by atoms with Gasteiger partial charge in [0.15, 0.2) is 0 Å². The minimum absolute atomic E-state index is 0.0792. The molecule has 0 bridgehead atoms. The number of nitrogens with two attached hydrogens (primary N) is 1. The summed E-state index contributed by atoms with van der Waals surface area (Å²) in [6.45, 7) is 0. The first-order chi connectivity index (χ1) is 13.4. The van der Waals surface area contributed by atoms with Crippen molar-refractivity contribution in [2.24, 2.45) is 0 Å². The molecule has 4 rings (SSSR count). The van der Waals surface area contributed by atoms with Gasteiger partial charge in [0.25, 0.3) is 5.56 Å². The Labute approximate surface area is 172 Å². The van der Waals surface area contributed by atoms with Crippen LogP contribution in [-0.4, -0.2) is 22.6 Å². The fourth-order valence-corrected chi connectivity index (χ4v) is 3.82. The molecule has 0 aliphatic carbocycles. The Bertz CT molecular complexity index is 1330. The van der Waals surface area contributed by atoms with Crippen molar-refractivity contribution in [2.75, 3.05) is 12.8 Å². The third-order valence-electron chi connectivity index (χ3n) is 4.55. The molecule has 0 atom stereocenters. The van der Waals surface area contributed by atoms with E-state index < -0.39 is 11.5 Å². The number of methoxy groups -OCH3 is 1. The largest absolute Gasteiger partial charge is 0.465 e. The van der Waals surface area contributed by atoms with Gasteiger partial charge in [0.05, 0.1) is 29.0 Å². The number of ether oxygens (including phenoxy) is 1. The number of nitrogens with zero attached hydrogens (tertiary/aromatic N) is 2. The number of nitrogen functional groups attached to an aromatic ring is 1. The van der Waals surface area contributed by atoms with Crippen LogP contribution in [0.25, 0.3) is 27.4 Å². The SMILES string of the molecule is COC(=O)c1c(N)c2ccc(Br)cc2n(-c2ccc(Cl)c3cnccc23)c1=O. The van der Waals surface area contributed by atoms with Gasteiger partial charge in [-0.3, -0.25) is 14.3 Å². The Kier molecular flexibility index (Phi) is 4.56. The van der Waals surface area contributed by atoms with Crippen LogP contribution in [0.3, 0.4) is 0 Å². The van der Waals surface area contributed by atoms with Gasteiger partial charge in [0, 0.05) is 33.0 Å². The number of carbonyl (C=O) groups is 1. The molecule has 8 heteroatoms. The van der Waals surface area contributed by atoms with E-state index in [1.54, 1.807) is 48.8 Å². The van der Waals surface area contributed by atoms with E-state index in [1.807, 2.05) is 0 Å². The lowest BCUT2D eigenvalue weighted by atomic mass is 10.1. The van der Waals surface area contributed by atoms with Crippen molar-refractivity contribution in [1.29, 1.82) is 0 Å². The van der Waals surface area contributed by atoms with Gasteiger partial charge in [-0.1, -0.05) is 27.5 Å². The number of esters is 1. The van der Waals surface area contributed by atoms with E-state index >= 15 is 0 Å². The Balaban J connectivity index is 2.25. The highest BCUT2D eigenvalue weighted by Crippen LogP contribution is 2.32. The smallest absolute Gasteiger partial charge is 0.345 e. The van der Waals surface area contributed by atoms with Crippen LogP contribution in [0.1, 0.15) is 10.4 Å². The number of hydrogen-bond acceptors (Lipinski definition) is 5. The summed E-state index contributed by atoms with van der Waals surface area (Å²) in [5.41, 5.74) is 6.56. The van der Waals surface area contributed by atoms with Crippen molar-refractivity contribution < 1.29 is 9.53 Å². The monoisotopic (exact) mass is 457 g/mol. The van der Waals surface area contributed by atoms with Crippen LogP contribution in [0, 0.1) is 0 Å². The third-order valence-corrected chi connectivity index (χ3v) is 5.37. The second kappa shape index (κ2) is 6.92. The summed E-state index contributed by atoms with van der Waals surface area (Å²) < 4.78 is 7.00. The molecule has 2 aromatic carbocycles. The molecule has 4 aromatic rings. The average molecular weight is 459 g/mol. The van der Waals surface area contributed by atoms with E-state index in [4.69, 9.17) is 22.1 Å². The standard InChI is InChI=1S/C20H13BrClN3O3/c1-28-20(27)17-18(23)12-3-2-10(21)8-16(12)25(19(17)26)15-5-4-14(22)13-9-24-7-6-11(13)15/h2-9H,23H2,1H3. The number of benzene rings is 2. The minimum Gasteiger partial charge on any atom is -0.465 e. The van der Waals surface area contributed by atoms with E-state index in [9.17, 15) is 9.59 Å². The quantitative estimate of drug-likeness (QED) is 0.452. The first-order valence-corrected chi connectivity index (χ1v) is 9.35. The highest BCUT2D eigenvalue weighted by atomic mass is 79.9. The Hall–Kier alpha value is -2.90. The summed E-state index contributed by atoms with van der Waals surface area (Å²) in [5, 5.41) is 2.47. The van der Waals surface area contributed by atoms with Crippen LogP contribution in [0.4, 0.5) is 5.69 Å². The number of anilines is 1. The fourth-order valence-electron chi connectivity index (χ4n) is 3.26. The van der Waals surface area contributed by atoms with Crippen molar-refractivity contribution >= 4 is 60.9 Å². The molecule has 2 heterocycles. The number of fused-ring (bicyclic) bond motifs is 2. The molecule has 28 heavy (non-hydrogen) atoms. The molecule has 2 N–H and O–H groups in total. The second-order valence-electron chi connectivity index (χ2n) is 6.07. The van der Waals surface area contributed by atoms with Gasteiger partial charge in [-0.25, -0.2) is 4.79 Å². The Morgan fingerprint density at radius 1 is 1.18 bits per heavy atom. The van der Waals surface area contributed by atoms with Gasteiger partial charge >= 0.3 is 5.97 Å². The van der Waals surface area contributed by atoms with Crippen molar-refractivity contribution in [1.82, 2.24) is 9.55 Å². The maximum absolute atomic E-state index is 13.4. The lowest BCUT2D eigenvalue weighted by Crippen LogP contribution is -2.28.